The molecule has 1 aromatic heterocycles. The molecule has 2 atom stereocenters. The van der Waals surface area contributed by atoms with Crippen molar-refractivity contribution in [3.63, 3.8) is 0 Å². The number of nitrogens with zero attached hydrogens (tertiary/aromatic N) is 2. The maximum absolute atomic E-state index is 14.6. The van der Waals surface area contributed by atoms with Gasteiger partial charge in [-0.15, -0.1) is 0 Å². The van der Waals surface area contributed by atoms with Crippen molar-refractivity contribution in [2.45, 2.75) is 38.8 Å². The van der Waals surface area contributed by atoms with E-state index in [1.54, 1.807) is 13.0 Å². The number of hydrogen-bond donors (Lipinski definition) is 1. The fourth-order valence-electron chi connectivity index (χ4n) is 3.23. The third-order valence-electron chi connectivity index (χ3n) is 5.11. The number of halogens is 4. The Morgan fingerprint density at radius 3 is 2.73 bits per heavy atom. The van der Waals surface area contributed by atoms with Crippen molar-refractivity contribution in [1.29, 1.82) is 0 Å². The first-order valence-corrected chi connectivity index (χ1v) is 10.2. The lowest BCUT2D eigenvalue weighted by molar-refractivity contribution is -0.119. The van der Waals surface area contributed by atoms with Gasteiger partial charge in [0.2, 0.25) is 17.7 Å². The molecule has 1 fully saturated rings. The second-order valence-electron chi connectivity index (χ2n) is 8.01. The zero-order valence-corrected chi connectivity index (χ0v) is 17.8. The van der Waals surface area contributed by atoms with Crippen LogP contribution in [0.5, 0.6) is 11.6 Å². The number of carbonyl (C=O) groups excluding carboxylic acids is 1. The van der Waals surface area contributed by atoms with Crippen LogP contribution in [-0.2, 0) is 16.1 Å². The Bertz CT molecular complexity index is 1110. The van der Waals surface area contributed by atoms with Gasteiger partial charge in [0.15, 0.2) is 11.6 Å². The number of hydrogen-bond acceptors (Lipinski definition) is 6. The minimum Gasteiger partial charge on any atom is -0.490 e. The Kier molecular flexibility index (Phi) is 6.13. The van der Waals surface area contributed by atoms with Gasteiger partial charge in [-0.1, -0.05) is 0 Å². The summed E-state index contributed by atoms with van der Waals surface area (Å²) in [6.07, 6.45) is 1.09. The summed E-state index contributed by atoms with van der Waals surface area (Å²) in [6.45, 7) is 3.02. The normalized spacial score (nSPS) is 19.0. The van der Waals surface area contributed by atoms with E-state index in [0.717, 1.165) is 12.1 Å². The lowest BCUT2D eigenvalue weighted by Crippen LogP contribution is -2.35. The van der Waals surface area contributed by atoms with Crippen molar-refractivity contribution in [3.8, 4) is 11.6 Å². The molecule has 11 heteroatoms. The van der Waals surface area contributed by atoms with Gasteiger partial charge >= 0.3 is 0 Å². The molecule has 1 aliphatic carbocycles. The van der Waals surface area contributed by atoms with Crippen molar-refractivity contribution in [2.75, 3.05) is 13.2 Å². The van der Waals surface area contributed by atoms with E-state index in [9.17, 15) is 22.4 Å². The summed E-state index contributed by atoms with van der Waals surface area (Å²) in [5, 5.41) is 2.69. The SMILES string of the molecule is CC(=O)N[C@@H](C)COc1cc2c(cn1)N=C(c1cc(F)c(OCC3CC3(F)F)cc1F)OC2. The number of carbonyl (C=O) groups is 1. The molecule has 2 aromatic rings. The molecule has 0 bridgehead atoms. The molecule has 1 aliphatic heterocycles. The molecule has 0 spiro atoms. The molecule has 1 unspecified atom stereocenters. The van der Waals surface area contributed by atoms with E-state index >= 15 is 0 Å². The first-order chi connectivity index (χ1) is 15.6. The summed E-state index contributed by atoms with van der Waals surface area (Å²) in [6, 6.07) is 3.04. The predicted molar refractivity (Wildman–Crippen MR) is 109 cm³/mol. The Hall–Kier alpha value is -3.37. The second-order valence-corrected chi connectivity index (χ2v) is 8.01. The summed E-state index contributed by atoms with van der Waals surface area (Å²) in [7, 11) is 0. The number of alkyl halides is 2. The van der Waals surface area contributed by atoms with Crippen LogP contribution in [0.4, 0.5) is 23.2 Å². The van der Waals surface area contributed by atoms with E-state index in [1.165, 1.54) is 13.1 Å². The van der Waals surface area contributed by atoms with Crippen LogP contribution in [-0.4, -0.2) is 42.0 Å². The van der Waals surface area contributed by atoms with Crippen LogP contribution in [0, 0.1) is 17.6 Å². The van der Waals surface area contributed by atoms with E-state index in [2.05, 4.69) is 15.3 Å². The fraction of sp³-hybridized carbons (Fsp3) is 0.409. The molecule has 1 amide bonds. The van der Waals surface area contributed by atoms with Gasteiger partial charge in [0.1, 0.15) is 19.0 Å². The van der Waals surface area contributed by atoms with E-state index in [-0.39, 0.29) is 43.0 Å². The monoisotopic (exact) mass is 467 g/mol. The first kappa shape index (κ1) is 22.8. The van der Waals surface area contributed by atoms with Crippen molar-refractivity contribution < 1.29 is 36.6 Å². The van der Waals surface area contributed by atoms with E-state index in [4.69, 9.17) is 14.2 Å². The predicted octanol–water partition coefficient (Wildman–Crippen LogP) is 3.91. The Morgan fingerprint density at radius 2 is 2.03 bits per heavy atom. The van der Waals surface area contributed by atoms with Gasteiger partial charge in [0, 0.05) is 31.0 Å². The Balaban J connectivity index is 1.45. The van der Waals surface area contributed by atoms with Crippen LogP contribution < -0.4 is 14.8 Å². The Morgan fingerprint density at radius 1 is 1.27 bits per heavy atom. The van der Waals surface area contributed by atoms with Crippen LogP contribution >= 0.6 is 0 Å². The van der Waals surface area contributed by atoms with Gasteiger partial charge in [0.05, 0.1) is 36.0 Å². The number of aliphatic imine (C=N–C) groups is 1. The number of benzene rings is 1. The maximum atomic E-state index is 14.6. The summed E-state index contributed by atoms with van der Waals surface area (Å²) < 4.78 is 70.9. The molecule has 2 heterocycles. The van der Waals surface area contributed by atoms with Crippen LogP contribution in [0.1, 0.15) is 31.4 Å². The number of amides is 1. The van der Waals surface area contributed by atoms with Gasteiger partial charge in [-0.2, -0.15) is 0 Å². The topological polar surface area (TPSA) is 82.0 Å². The smallest absolute Gasteiger partial charge is 0.255 e. The second kappa shape index (κ2) is 8.87. The minimum absolute atomic E-state index is 0.0182. The Labute approximate surface area is 186 Å². The van der Waals surface area contributed by atoms with E-state index in [1.807, 2.05) is 0 Å². The number of pyridine rings is 1. The van der Waals surface area contributed by atoms with Gasteiger partial charge in [0.25, 0.3) is 5.92 Å². The molecular weight excluding hydrogens is 446 g/mol. The molecular formula is C22H21F4N3O4. The third-order valence-corrected chi connectivity index (χ3v) is 5.11. The highest BCUT2D eigenvalue weighted by Gasteiger charge is 2.57. The molecule has 176 valence electrons. The molecule has 4 rings (SSSR count). The lowest BCUT2D eigenvalue weighted by atomic mass is 10.1. The van der Waals surface area contributed by atoms with Crippen LogP contribution in [0.15, 0.2) is 29.4 Å². The van der Waals surface area contributed by atoms with Crippen LogP contribution in [0.25, 0.3) is 0 Å². The number of ether oxygens (including phenoxy) is 3. The molecule has 1 saturated carbocycles. The van der Waals surface area contributed by atoms with Crippen molar-refractivity contribution in [1.82, 2.24) is 10.3 Å². The zero-order chi connectivity index (χ0) is 23.8. The van der Waals surface area contributed by atoms with Gasteiger partial charge in [-0.3, -0.25) is 4.79 Å². The number of aromatic nitrogens is 1. The van der Waals surface area contributed by atoms with E-state index in [0.29, 0.717) is 17.1 Å². The third kappa shape index (κ3) is 5.35. The van der Waals surface area contributed by atoms with Gasteiger partial charge in [-0.05, 0) is 13.0 Å². The van der Waals surface area contributed by atoms with Crippen molar-refractivity contribution >= 4 is 17.5 Å². The highest BCUT2D eigenvalue weighted by atomic mass is 19.3. The largest absolute Gasteiger partial charge is 0.490 e. The molecule has 33 heavy (non-hydrogen) atoms. The molecule has 7 nitrogen and oxygen atoms in total. The molecule has 0 radical (unpaired) electrons. The van der Waals surface area contributed by atoms with Crippen molar-refractivity contribution in [2.24, 2.45) is 10.9 Å². The van der Waals surface area contributed by atoms with Crippen LogP contribution in [0.2, 0.25) is 0 Å². The average molecular weight is 467 g/mol. The molecule has 1 N–H and O–H groups in total. The first-order valence-electron chi connectivity index (χ1n) is 10.2. The average Bonchev–Trinajstić information content (AvgIpc) is 3.38. The highest BCUT2D eigenvalue weighted by molar-refractivity contribution is 5.97. The van der Waals surface area contributed by atoms with Crippen LogP contribution in [0.3, 0.4) is 0 Å². The lowest BCUT2D eigenvalue weighted by Gasteiger charge is -2.19. The summed E-state index contributed by atoms with van der Waals surface area (Å²) in [5.74, 6) is -6.05. The quantitative estimate of drug-likeness (QED) is 0.596. The molecule has 1 aromatic carbocycles. The number of nitrogens with one attached hydrogen (secondary N) is 1. The molecule has 2 aliphatic rings. The molecule has 0 saturated heterocycles. The van der Waals surface area contributed by atoms with Crippen molar-refractivity contribution in [3.05, 3.63) is 47.2 Å². The minimum atomic E-state index is -2.81. The number of fused-ring (bicyclic) bond motifs is 1. The standard InChI is InChI=1S/C22H21F4N3O4/c1-11(28-12(2)30)8-32-20-3-13-9-33-21(29-18(13)7-27-20)15-4-17(24)19(5-16(15)23)31-10-14-6-22(14,25)26/h3-5,7,11,14H,6,8-10H2,1-2H3,(H,28,30)/t11-,14?/m0/s1. The number of rotatable bonds is 8. The van der Waals surface area contributed by atoms with Gasteiger partial charge < -0.3 is 19.5 Å². The highest BCUT2D eigenvalue weighted by Crippen LogP contribution is 2.48. The summed E-state index contributed by atoms with van der Waals surface area (Å²) >= 11 is 0. The van der Waals surface area contributed by atoms with E-state index < -0.39 is 35.8 Å². The zero-order valence-electron chi connectivity index (χ0n) is 17.8. The van der Waals surface area contributed by atoms with Gasteiger partial charge in [-0.25, -0.2) is 27.5 Å². The maximum Gasteiger partial charge on any atom is 0.255 e. The fourth-order valence-corrected chi connectivity index (χ4v) is 3.23. The summed E-state index contributed by atoms with van der Waals surface area (Å²) in [4.78, 5) is 19.4. The summed E-state index contributed by atoms with van der Waals surface area (Å²) in [5.41, 5.74) is 0.795.